The summed E-state index contributed by atoms with van der Waals surface area (Å²) >= 11 is 0. The van der Waals surface area contributed by atoms with Gasteiger partial charge in [-0.25, -0.2) is 0 Å². The molecule has 200 valence electrons. The average Bonchev–Trinajstić information content (AvgIpc) is 3.06. The van der Waals surface area contributed by atoms with Gasteiger partial charge in [-0.2, -0.15) is 0 Å². The van der Waals surface area contributed by atoms with Gasteiger partial charge >= 0.3 is 0 Å². The molecule has 0 spiro atoms. The molecule has 7 rings (SSSR count). The minimum absolute atomic E-state index is 0.144. The molecule has 4 nitrogen and oxygen atoms in total. The quantitative estimate of drug-likeness (QED) is 0.210. The van der Waals surface area contributed by atoms with E-state index in [-0.39, 0.29) is 11.6 Å². The van der Waals surface area contributed by atoms with Gasteiger partial charge in [0.15, 0.2) is 11.6 Å². The van der Waals surface area contributed by atoms with Crippen molar-refractivity contribution in [3.8, 4) is 0 Å². The molecule has 4 heteroatoms. The molecular weight excluding hydrogens is 516 g/mol. The summed E-state index contributed by atoms with van der Waals surface area (Å²) in [5, 5.41) is 0. The Morgan fingerprint density at radius 3 is 0.881 bits per heavy atom. The highest BCUT2D eigenvalue weighted by Crippen LogP contribution is 2.40. The minimum atomic E-state index is -0.162. The number of fused-ring (bicyclic) bond motifs is 2. The summed E-state index contributed by atoms with van der Waals surface area (Å²) in [6, 6.07) is 51.1. The number of para-hydroxylation sites is 4. The van der Waals surface area contributed by atoms with Crippen LogP contribution in [0.2, 0.25) is 0 Å². The molecule has 0 fully saturated rings. The van der Waals surface area contributed by atoms with Gasteiger partial charge in [-0.05, 0) is 84.9 Å². The van der Waals surface area contributed by atoms with Gasteiger partial charge in [0.2, 0.25) is 0 Å². The van der Waals surface area contributed by atoms with Gasteiger partial charge in [0.25, 0.3) is 0 Å². The number of anilines is 6. The van der Waals surface area contributed by atoms with Crippen LogP contribution in [0.3, 0.4) is 0 Å². The fourth-order valence-electron chi connectivity index (χ4n) is 5.61. The van der Waals surface area contributed by atoms with Gasteiger partial charge in [-0.15, -0.1) is 0 Å². The molecule has 1 aliphatic rings. The second kappa shape index (κ2) is 10.7. The molecule has 0 bridgehead atoms. The summed E-state index contributed by atoms with van der Waals surface area (Å²) < 4.78 is 0. The number of benzene rings is 6. The van der Waals surface area contributed by atoms with Crippen molar-refractivity contribution >= 4 is 45.7 Å². The largest absolute Gasteiger partial charge is 0.310 e. The summed E-state index contributed by atoms with van der Waals surface area (Å²) in [6.45, 7) is 0. The van der Waals surface area contributed by atoms with E-state index < -0.39 is 0 Å². The first kappa shape index (κ1) is 25.2. The molecule has 0 saturated carbocycles. The highest BCUT2D eigenvalue weighted by atomic mass is 16.1. The Hall–Kier alpha value is -5.74. The molecule has 0 aromatic heterocycles. The van der Waals surface area contributed by atoms with E-state index in [1.807, 2.05) is 146 Å². The van der Waals surface area contributed by atoms with Crippen LogP contribution in [0.4, 0.5) is 34.1 Å². The van der Waals surface area contributed by atoms with Gasteiger partial charge in [-0.1, -0.05) is 72.8 Å². The van der Waals surface area contributed by atoms with Crippen molar-refractivity contribution in [2.24, 2.45) is 0 Å². The van der Waals surface area contributed by atoms with E-state index >= 15 is 0 Å². The number of hydrogen-bond donors (Lipinski definition) is 0. The van der Waals surface area contributed by atoms with E-state index in [0.29, 0.717) is 22.3 Å². The van der Waals surface area contributed by atoms with Crippen molar-refractivity contribution in [2.45, 2.75) is 0 Å². The van der Waals surface area contributed by atoms with Crippen LogP contribution in [0.15, 0.2) is 158 Å². The maximum absolute atomic E-state index is 14.2. The normalized spacial score (nSPS) is 11.9. The molecule has 0 atom stereocenters. The predicted molar refractivity (Wildman–Crippen MR) is 169 cm³/mol. The minimum Gasteiger partial charge on any atom is -0.310 e. The fourth-order valence-corrected chi connectivity index (χ4v) is 5.61. The van der Waals surface area contributed by atoms with Crippen molar-refractivity contribution in [2.75, 3.05) is 9.80 Å². The highest BCUT2D eigenvalue weighted by Gasteiger charge is 2.31. The van der Waals surface area contributed by atoms with Crippen LogP contribution >= 0.6 is 0 Å². The summed E-state index contributed by atoms with van der Waals surface area (Å²) in [4.78, 5) is 32.1. The van der Waals surface area contributed by atoms with E-state index in [1.54, 1.807) is 12.1 Å². The molecule has 0 unspecified atom stereocenters. The van der Waals surface area contributed by atoms with Gasteiger partial charge < -0.3 is 9.80 Å². The number of nitrogens with zero attached hydrogens (tertiary/aromatic N) is 2. The lowest BCUT2D eigenvalue weighted by molar-refractivity contribution is 0.0979. The molecule has 0 radical (unpaired) electrons. The molecule has 6 aromatic rings. The van der Waals surface area contributed by atoms with Gasteiger partial charge in [0.05, 0.1) is 0 Å². The van der Waals surface area contributed by atoms with Crippen LogP contribution < -0.4 is 9.80 Å². The first-order valence-corrected chi connectivity index (χ1v) is 13.9. The van der Waals surface area contributed by atoms with Crippen LogP contribution in [0, 0.1) is 0 Å². The zero-order valence-corrected chi connectivity index (χ0v) is 22.7. The molecule has 0 amide bonds. The molecule has 0 N–H and O–H groups in total. The lowest BCUT2D eigenvalue weighted by Crippen LogP contribution is -2.22. The molecule has 0 saturated heterocycles. The molecule has 0 aliphatic heterocycles. The van der Waals surface area contributed by atoms with Crippen molar-refractivity contribution < 1.29 is 9.59 Å². The summed E-state index contributed by atoms with van der Waals surface area (Å²) in [5.41, 5.74) is 7.12. The second-order valence-corrected chi connectivity index (χ2v) is 10.1. The molecule has 6 aromatic carbocycles. The predicted octanol–water partition coefficient (Wildman–Crippen LogP) is 9.40. The molecule has 1 aliphatic carbocycles. The third kappa shape index (κ3) is 4.45. The lowest BCUT2D eigenvalue weighted by Gasteiger charge is -2.28. The Morgan fingerprint density at radius 1 is 0.286 bits per heavy atom. The number of rotatable bonds is 6. The highest BCUT2D eigenvalue weighted by molar-refractivity contribution is 6.29. The molecular formula is C38H26N2O2. The van der Waals surface area contributed by atoms with Gasteiger partial charge in [0, 0.05) is 56.4 Å². The Kier molecular flexibility index (Phi) is 6.42. The van der Waals surface area contributed by atoms with E-state index in [2.05, 4.69) is 9.80 Å². The Labute approximate surface area is 244 Å². The van der Waals surface area contributed by atoms with Crippen molar-refractivity contribution in [1.29, 1.82) is 0 Å². The second-order valence-electron chi connectivity index (χ2n) is 10.1. The van der Waals surface area contributed by atoms with E-state index in [4.69, 9.17) is 0 Å². The first-order chi connectivity index (χ1) is 20.7. The summed E-state index contributed by atoms with van der Waals surface area (Å²) in [6.07, 6.45) is 0. The maximum Gasteiger partial charge on any atom is 0.194 e. The standard InChI is InChI=1S/C38H26N2O2/c41-37-33-23-21-31(39(27-13-5-1-6-14-27)28-15-7-2-8-16-28)25-35(33)38(42)36-26-32(22-24-34(36)37)40(29-17-9-3-10-18-29)30-19-11-4-12-20-30/h1-26H. The van der Waals surface area contributed by atoms with Crippen molar-refractivity contribution in [1.82, 2.24) is 0 Å². The van der Waals surface area contributed by atoms with Crippen molar-refractivity contribution in [3.05, 3.63) is 180 Å². The van der Waals surface area contributed by atoms with Crippen molar-refractivity contribution in [3.63, 3.8) is 0 Å². The Morgan fingerprint density at radius 2 is 0.571 bits per heavy atom. The van der Waals surface area contributed by atoms with Gasteiger partial charge in [0.1, 0.15) is 0 Å². The smallest absolute Gasteiger partial charge is 0.194 e. The Bertz CT molecular complexity index is 1690. The number of ketones is 2. The molecule has 42 heavy (non-hydrogen) atoms. The van der Waals surface area contributed by atoms with Crippen LogP contribution in [0.5, 0.6) is 0 Å². The Balaban J connectivity index is 1.34. The van der Waals surface area contributed by atoms with E-state index in [1.165, 1.54) is 0 Å². The van der Waals surface area contributed by atoms with E-state index in [0.717, 1.165) is 34.1 Å². The van der Waals surface area contributed by atoms with E-state index in [9.17, 15) is 9.59 Å². The average molecular weight is 543 g/mol. The zero-order chi connectivity index (χ0) is 28.5. The number of carbonyl (C=O) groups is 2. The monoisotopic (exact) mass is 542 g/mol. The maximum atomic E-state index is 14.2. The third-order valence-electron chi connectivity index (χ3n) is 7.56. The summed E-state index contributed by atoms with van der Waals surface area (Å²) in [7, 11) is 0. The van der Waals surface area contributed by atoms with Crippen LogP contribution in [-0.4, -0.2) is 11.6 Å². The topological polar surface area (TPSA) is 40.6 Å². The number of hydrogen-bond acceptors (Lipinski definition) is 4. The SMILES string of the molecule is O=C1c2ccc(N(c3ccccc3)c3ccccc3)cc2C(=O)c2cc(N(c3ccccc3)c3ccccc3)ccc21. The lowest BCUT2D eigenvalue weighted by atomic mass is 9.83. The van der Waals surface area contributed by atoms with Crippen LogP contribution in [0.25, 0.3) is 0 Å². The van der Waals surface area contributed by atoms with Crippen LogP contribution in [-0.2, 0) is 0 Å². The first-order valence-electron chi connectivity index (χ1n) is 13.9. The van der Waals surface area contributed by atoms with Crippen LogP contribution in [0.1, 0.15) is 31.8 Å². The number of carbonyl (C=O) groups excluding carboxylic acids is 2. The zero-order valence-electron chi connectivity index (χ0n) is 22.7. The van der Waals surface area contributed by atoms with Gasteiger partial charge in [-0.3, -0.25) is 9.59 Å². The molecule has 0 heterocycles. The summed E-state index contributed by atoms with van der Waals surface area (Å²) in [5.74, 6) is -0.305. The fraction of sp³-hybridized carbons (Fsp3) is 0. The third-order valence-corrected chi connectivity index (χ3v) is 7.56.